The van der Waals surface area contributed by atoms with Crippen molar-refractivity contribution < 1.29 is 14.3 Å². The van der Waals surface area contributed by atoms with Gasteiger partial charge in [-0.15, -0.1) is 11.3 Å². The summed E-state index contributed by atoms with van der Waals surface area (Å²) < 4.78 is 4.57. The molecule has 1 aliphatic carbocycles. The predicted molar refractivity (Wildman–Crippen MR) is 82.9 cm³/mol. The molecule has 0 aliphatic heterocycles. The first-order valence-corrected chi connectivity index (χ1v) is 7.75. The van der Waals surface area contributed by atoms with Crippen LogP contribution in [0.5, 0.6) is 0 Å². The lowest BCUT2D eigenvalue weighted by Gasteiger charge is -2.22. The summed E-state index contributed by atoms with van der Waals surface area (Å²) in [5.74, 6) is -0.704. The van der Waals surface area contributed by atoms with Crippen molar-refractivity contribution >= 4 is 23.1 Å². The topological polar surface area (TPSA) is 76.2 Å². The Morgan fingerprint density at radius 3 is 2.73 bits per heavy atom. The number of hydrogen-bond acceptors (Lipinski definition) is 5. The minimum Gasteiger partial charge on any atom is -0.465 e. The summed E-state index contributed by atoms with van der Waals surface area (Å²) in [6.07, 6.45) is 0.983. The van der Waals surface area contributed by atoms with Crippen molar-refractivity contribution in [2.45, 2.75) is 25.7 Å². The van der Waals surface area contributed by atoms with Crippen LogP contribution in [0.2, 0.25) is 0 Å². The van der Waals surface area contributed by atoms with Crippen LogP contribution >= 0.6 is 11.3 Å². The van der Waals surface area contributed by atoms with Crippen molar-refractivity contribution in [2.75, 3.05) is 7.11 Å². The van der Waals surface area contributed by atoms with Crippen LogP contribution in [-0.2, 0) is 11.2 Å². The molecule has 1 N–H and O–H groups in total. The van der Waals surface area contributed by atoms with Gasteiger partial charge in [0.2, 0.25) is 0 Å². The lowest BCUT2D eigenvalue weighted by molar-refractivity contribution is 0.0598. The van der Waals surface area contributed by atoms with E-state index in [2.05, 4.69) is 9.72 Å². The van der Waals surface area contributed by atoms with Crippen LogP contribution in [0, 0.1) is 6.92 Å². The first-order chi connectivity index (χ1) is 10.5. The second-order valence-corrected chi connectivity index (χ2v) is 6.69. The summed E-state index contributed by atoms with van der Waals surface area (Å²) in [7, 11) is 1.21. The molecule has 0 saturated carbocycles. The Kier molecular flexibility index (Phi) is 3.70. The second kappa shape index (κ2) is 5.53. The first-order valence-electron chi connectivity index (χ1n) is 6.93. The number of methoxy groups -OCH3 is 1. The van der Waals surface area contributed by atoms with Gasteiger partial charge in [0, 0.05) is 33.4 Å². The standard InChI is InChI=1S/C16H15NO4S/c1-8-3-4-14(22-8)9-5-12-10(13(18)6-9)7-11(15(19)17-12)16(20)21-2/h3-4,7,9H,5-6H2,1-2H3,(H,17,19). The number of carbonyl (C=O) groups is 2. The fraction of sp³-hybridized carbons (Fsp3) is 0.312. The van der Waals surface area contributed by atoms with E-state index in [-0.39, 0.29) is 17.3 Å². The Morgan fingerprint density at radius 2 is 2.09 bits per heavy atom. The Balaban J connectivity index is 2.01. The van der Waals surface area contributed by atoms with Gasteiger partial charge in [0.25, 0.3) is 5.56 Å². The zero-order chi connectivity index (χ0) is 15.9. The SMILES string of the molecule is COC(=O)c1cc2c([nH]c1=O)CC(c1ccc(C)s1)CC2=O. The highest BCUT2D eigenvalue weighted by molar-refractivity contribution is 7.12. The minimum atomic E-state index is -0.729. The molecule has 2 heterocycles. The van der Waals surface area contributed by atoms with Crippen LogP contribution in [0.1, 0.15) is 48.5 Å². The van der Waals surface area contributed by atoms with Crippen LogP contribution in [0.4, 0.5) is 0 Å². The highest BCUT2D eigenvalue weighted by Gasteiger charge is 2.29. The first kappa shape index (κ1) is 14.7. The number of carbonyl (C=O) groups excluding carboxylic acids is 2. The smallest absolute Gasteiger partial charge is 0.343 e. The van der Waals surface area contributed by atoms with Crippen molar-refractivity contribution in [3.05, 3.63) is 55.1 Å². The van der Waals surface area contributed by atoms with E-state index < -0.39 is 11.5 Å². The van der Waals surface area contributed by atoms with Gasteiger partial charge in [-0.2, -0.15) is 0 Å². The van der Waals surface area contributed by atoms with Gasteiger partial charge in [-0.3, -0.25) is 9.59 Å². The number of aryl methyl sites for hydroxylation is 1. The van der Waals surface area contributed by atoms with Gasteiger partial charge in [0.05, 0.1) is 7.11 Å². The Bertz CT molecular complexity index is 818. The van der Waals surface area contributed by atoms with Crippen LogP contribution < -0.4 is 5.56 Å². The molecule has 0 bridgehead atoms. The van der Waals surface area contributed by atoms with Gasteiger partial charge < -0.3 is 9.72 Å². The van der Waals surface area contributed by atoms with E-state index >= 15 is 0 Å². The summed E-state index contributed by atoms with van der Waals surface area (Å²) in [6.45, 7) is 2.03. The molecule has 22 heavy (non-hydrogen) atoms. The van der Waals surface area contributed by atoms with E-state index in [4.69, 9.17) is 0 Å². The summed E-state index contributed by atoms with van der Waals surface area (Å²) in [5, 5.41) is 0. The lowest BCUT2D eigenvalue weighted by Crippen LogP contribution is -2.27. The summed E-state index contributed by atoms with van der Waals surface area (Å²) in [6, 6.07) is 5.42. The zero-order valence-electron chi connectivity index (χ0n) is 12.3. The molecule has 3 rings (SSSR count). The molecule has 5 nitrogen and oxygen atoms in total. The third kappa shape index (κ3) is 2.50. The average Bonchev–Trinajstić information content (AvgIpc) is 2.92. The number of thiophene rings is 1. The third-order valence-electron chi connectivity index (χ3n) is 3.87. The fourth-order valence-electron chi connectivity index (χ4n) is 2.77. The number of ketones is 1. The number of fused-ring (bicyclic) bond motifs is 1. The Labute approximate surface area is 130 Å². The van der Waals surface area contributed by atoms with Gasteiger partial charge in [-0.1, -0.05) is 0 Å². The molecule has 0 aromatic carbocycles. The molecule has 0 spiro atoms. The highest BCUT2D eigenvalue weighted by atomic mass is 32.1. The minimum absolute atomic E-state index is 0.0568. The van der Waals surface area contributed by atoms with Gasteiger partial charge in [-0.25, -0.2) is 4.79 Å². The maximum atomic E-state index is 12.4. The predicted octanol–water partition coefficient (Wildman–Crippen LogP) is 2.44. The van der Waals surface area contributed by atoms with Gasteiger partial charge in [0.15, 0.2) is 5.78 Å². The van der Waals surface area contributed by atoms with E-state index in [1.165, 1.54) is 18.1 Å². The number of rotatable bonds is 2. The van der Waals surface area contributed by atoms with Crippen LogP contribution in [0.15, 0.2) is 23.0 Å². The molecule has 0 saturated heterocycles. The maximum Gasteiger partial charge on any atom is 0.343 e. The van der Waals surface area contributed by atoms with Gasteiger partial charge in [0.1, 0.15) is 5.56 Å². The van der Waals surface area contributed by atoms with E-state index in [0.29, 0.717) is 24.1 Å². The van der Waals surface area contributed by atoms with Crippen LogP contribution in [0.3, 0.4) is 0 Å². The highest BCUT2D eigenvalue weighted by Crippen LogP contribution is 2.35. The number of hydrogen-bond donors (Lipinski definition) is 1. The van der Waals surface area contributed by atoms with Crippen molar-refractivity contribution in [3.8, 4) is 0 Å². The molecular formula is C16H15NO4S. The van der Waals surface area contributed by atoms with Crippen molar-refractivity contribution in [3.63, 3.8) is 0 Å². The van der Waals surface area contributed by atoms with Crippen molar-refractivity contribution in [2.24, 2.45) is 0 Å². The molecule has 2 aromatic heterocycles. The Morgan fingerprint density at radius 1 is 1.32 bits per heavy atom. The van der Waals surface area contributed by atoms with E-state index in [9.17, 15) is 14.4 Å². The number of aromatic amines is 1. The van der Waals surface area contributed by atoms with Crippen molar-refractivity contribution in [1.29, 1.82) is 0 Å². The normalized spacial score (nSPS) is 17.2. The monoisotopic (exact) mass is 317 g/mol. The number of Topliss-reactive ketones (excluding diaryl/α,β-unsaturated/α-hetero) is 1. The molecule has 0 fully saturated rings. The number of H-pyrrole nitrogens is 1. The molecule has 2 aromatic rings. The molecule has 0 radical (unpaired) electrons. The number of esters is 1. The quantitative estimate of drug-likeness (QED) is 0.863. The number of ether oxygens (including phenoxy) is 1. The zero-order valence-corrected chi connectivity index (χ0v) is 13.1. The number of pyridine rings is 1. The summed E-state index contributed by atoms with van der Waals surface area (Å²) >= 11 is 1.67. The van der Waals surface area contributed by atoms with Gasteiger partial charge in [-0.05, 0) is 31.5 Å². The van der Waals surface area contributed by atoms with Gasteiger partial charge >= 0.3 is 5.97 Å². The van der Waals surface area contributed by atoms with E-state index in [1.54, 1.807) is 11.3 Å². The summed E-state index contributed by atoms with van der Waals surface area (Å²) in [4.78, 5) is 40.9. The summed E-state index contributed by atoms with van der Waals surface area (Å²) in [5.41, 5.74) is 0.385. The molecule has 6 heteroatoms. The number of nitrogens with one attached hydrogen (secondary N) is 1. The molecular weight excluding hydrogens is 302 g/mol. The average molecular weight is 317 g/mol. The van der Waals surface area contributed by atoms with E-state index in [0.717, 1.165) is 4.88 Å². The fourth-order valence-corrected chi connectivity index (χ4v) is 3.74. The molecule has 1 aliphatic rings. The Hall–Kier alpha value is -2.21. The second-order valence-electron chi connectivity index (χ2n) is 5.37. The molecule has 1 unspecified atom stereocenters. The molecule has 114 valence electrons. The molecule has 1 atom stereocenters. The maximum absolute atomic E-state index is 12.4. The van der Waals surface area contributed by atoms with Crippen LogP contribution in [0.25, 0.3) is 0 Å². The van der Waals surface area contributed by atoms with Crippen LogP contribution in [-0.4, -0.2) is 23.8 Å². The van der Waals surface area contributed by atoms with Crippen molar-refractivity contribution in [1.82, 2.24) is 4.98 Å². The van der Waals surface area contributed by atoms with E-state index in [1.807, 2.05) is 19.1 Å². The molecule has 0 amide bonds. The number of aromatic nitrogens is 1. The lowest BCUT2D eigenvalue weighted by atomic mass is 9.84. The largest absolute Gasteiger partial charge is 0.465 e. The third-order valence-corrected chi connectivity index (χ3v) is 5.04.